The fraction of sp³-hybridized carbons (Fsp3) is 0.0625. The summed E-state index contributed by atoms with van der Waals surface area (Å²) in [5.74, 6) is 0.627. The molecular formula is C16H12ClN5. The van der Waals surface area contributed by atoms with E-state index in [4.69, 9.17) is 11.6 Å². The molecule has 0 saturated heterocycles. The Balaban J connectivity index is 1.95. The van der Waals surface area contributed by atoms with E-state index in [2.05, 4.69) is 26.6 Å². The lowest BCUT2D eigenvalue weighted by atomic mass is 10.2. The molecule has 22 heavy (non-hydrogen) atoms. The minimum absolute atomic E-state index is 0.627. The first kappa shape index (κ1) is 13.0. The summed E-state index contributed by atoms with van der Waals surface area (Å²) < 4.78 is 1.93. The molecular weight excluding hydrogens is 298 g/mol. The van der Waals surface area contributed by atoms with Gasteiger partial charge < -0.3 is 5.32 Å². The maximum absolute atomic E-state index is 6.21. The first-order chi connectivity index (χ1) is 10.7. The van der Waals surface area contributed by atoms with E-state index < -0.39 is 0 Å². The summed E-state index contributed by atoms with van der Waals surface area (Å²) in [6.45, 7) is 2.05. The molecule has 0 fully saturated rings. The topological polar surface area (TPSA) is 55.1 Å². The van der Waals surface area contributed by atoms with Crippen molar-refractivity contribution < 1.29 is 0 Å². The van der Waals surface area contributed by atoms with Gasteiger partial charge in [0.1, 0.15) is 6.33 Å². The van der Waals surface area contributed by atoms with Crippen LogP contribution in [0.3, 0.4) is 0 Å². The smallest absolute Gasteiger partial charge is 0.204 e. The van der Waals surface area contributed by atoms with Gasteiger partial charge in [-0.1, -0.05) is 29.8 Å². The maximum Gasteiger partial charge on any atom is 0.204 e. The van der Waals surface area contributed by atoms with Crippen LogP contribution in [0, 0.1) is 6.92 Å². The molecule has 0 amide bonds. The van der Waals surface area contributed by atoms with E-state index in [1.54, 1.807) is 6.33 Å². The number of halogens is 1. The lowest BCUT2D eigenvalue weighted by Gasteiger charge is -2.10. The summed E-state index contributed by atoms with van der Waals surface area (Å²) in [5.41, 5.74) is 4.46. The van der Waals surface area contributed by atoms with Crippen molar-refractivity contribution in [1.82, 2.24) is 19.6 Å². The van der Waals surface area contributed by atoms with Gasteiger partial charge in [-0.25, -0.2) is 4.98 Å². The second kappa shape index (κ2) is 4.96. The van der Waals surface area contributed by atoms with Crippen LogP contribution < -0.4 is 5.32 Å². The molecule has 2 aromatic heterocycles. The molecule has 2 heterocycles. The van der Waals surface area contributed by atoms with Crippen LogP contribution in [0.1, 0.15) is 5.56 Å². The number of aryl methyl sites for hydroxylation is 1. The van der Waals surface area contributed by atoms with Gasteiger partial charge in [0, 0.05) is 0 Å². The zero-order chi connectivity index (χ0) is 15.1. The van der Waals surface area contributed by atoms with Gasteiger partial charge in [0.05, 0.1) is 21.7 Å². The number of rotatable bonds is 2. The molecule has 0 atom stereocenters. The predicted molar refractivity (Wildman–Crippen MR) is 87.8 cm³/mol. The molecule has 0 bridgehead atoms. The third-order valence-electron chi connectivity index (χ3n) is 3.51. The number of benzene rings is 2. The van der Waals surface area contributed by atoms with Crippen molar-refractivity contribution in [2.45, 2.75) is 6.92 Å². The van der Waals surface area contributed by atoms with Crippen molar-refractivity contribution in [3.8, 4) is 0 Å². The van der Waals surface area contributed by atoms with Crippen molar-refractivity contribution in [2.75, 3.05) is 5.32 Å². The van der Waals surface area contributed by atoms with Crippen molar-refractivity contribution in [3.05, 3.63) is 59.4 Å². The minimum Gasteiger partial charge on any atom is -0.336 e. The first-order valence-corrected chi connectivity index (χ1v) is 7.22. The number of anilines is 2. The Morgan fingerprint density at radius 1 is 1.14 bits per heavy atom. The molecule has 0 aliphatic carbocycles. The second-order valence-electron chi connectivity index (χ2n) is 5.08. The van der Waals surface area contributed by atoms with Crippen LogP contribution in [0.15, 0.2) is 48.8 Å². The van der Waals surface area contributed by atoms with E-state index in [0.717, 1.165) is 22.3 Å². The predicted octanol–water partition coefficient (Wildman–Crippen LogP) is 3.98. The number of aromatic nitrogens is 4. The maximum atomic E-state index is 6.21. The zero-order valence-electron chi connectivity index (χ0n) is 11.8. The van der Waals surface area contributed by atoms with E-state index >= 15 is 0 Å². The van der Waals surface area contributed by atoms with Crippen LogP contribution in [-0.2, 0) is 0 Å². The van der Waals surface area contributed by atoms with Gasteiger partial charge in [0.25, 0.3) is 0 Å². The highest BCUT2D eigenvalue weighted by atomic mass is 35.5. The number of fused-ring (bicyclic) bond motifs is 3. The summed E-state index contributed by atoms with van der Waals surface area (Å²) >= 11 is 6.21. The van der Waals surface area contributed by atoms with Gasteiger partial charge in [-0.2, -0.15) is 0 Å². The first-order valence-electron chi connectivity index (χ1n) is 6.84. The molecule has 0 unspecified atom stereocenters. The summed E-state index contributed by atoms with van der Waals surface area (Å²) in [4.78, 5) is 4.66. The quantitative estimate of drug-likeness (QED) is 0.608. The minimum atomic E-state index is 0.627. The fourth-order valence-corrected chi connectivity index (χ4v) is 2.62. The molecule has 0 saturated carbocycles. The van der Waals surface area contributed by atoms with Gasteiger partial charge >= 0.3 is 0 Å². The van der Waals surface area contributed by atoms with E-state index in [-0.39, 0.29) is 0 Å². The molecule has 0 radical (unpaired) electrons. The third kappa shape index (κ3) is 2.07. The van der Waals surface area contributed by atoms with Crippen molar-refractivity contribution in [2.24, 2.45) is 0 Å². The molecule has 1 N–H and O–H groups in total. The molecule has 4 aromatic rings. The molecule has 6 heteroatoms. The number of para-hydroxylation sites is 1. The Morgan fingerprint density at radius 2 is 2.00 bits per heavy atom. The molecule has 2 aromatic carbocycles. The lowest BCUT2D eigenvalue weighted by molar-refractivity contribution is 1.11. The third-order valence-corrected chi connectivity index (χ3v) is 3.84. The standard InChI is InChI=1S/C16H12ClN5/c1-10-6-7-13-14(8-10)22-9-18-21-16(22)15(20-13)19-12-5-3-2-4-11(12)17/h2-9H,1H3,(H,19,20). The van der Waals surface area contributed by atoms with Crippen LogP contribution in [0.4, 0.5) is 11.5 Å². The molecule has 0 aliphatic rings. The molecule has 0 aliphatic heterocycles. The molecule has 5 nitrogen and oxygen atoms in total. The van der Waals surface area contributed by atoms with Gasteiger partial charge in [-0.15, -0.1) is 10.2 Å². The highest BCUT2D eigenvalue weighted by Crippen LogP contribution is 2.27. The number of hydrogen-bond acceptors (Lipinski definition) is 4. The van der Waals surface area contributed by atoms with Crippen LogP contribution >= 0.6 is 11.6 Å². The van der Waals surface area contributed by atoms with Gasteiger partial charge in [0.15, 0.2) is 5.82 Å². The summed E-state index contributed by atoms with van der Waals surface area (Å²) in [7, 11) is 0. The molecule has 4 rings (SSSR count). The summed E-state index contributed by atoms with van der Waals surface area (Å²) in [5, 5.41) is 12.0. The SMILES string of the molecule is Cc1ccc2nc(Nc3ccccc3Cl)c3nncn3c2c1. The Kier molecular flexibility index (Phi) is 2.94. The number of nitrogens with zero attached hydrogens (tertiary/aromatic N) is 4. The van der Waals surface area contributed by atoms with E-state index in [1.807, 2.05) is 47.7 Å². The molecule has 0 spiro atoms. The summed E-state index contributed by atoms with van der Waals surface area (Å²) in [6.07, 6.45) is 1.69. The van der Waals surface area contributed by atoms with Crippen molar-refractivity contribution in [1.29, 1.82) is 0 Å². The fourth-order valence-electron chi connectivity index (χ4n) is 2.44. The molecule has 108 valence electrons. The Bertz CT molecular complexity index is 992. The highest BCUT2D eigenvalue weighted by molar-refractivity contribution is 6.33. The highest BCUT2D eigenvalue weighted by Gasteiger charge is 2.11. The van der Waals surface area contributed by atoms with Crippen LogP contribution in [0.2, 0.25) is 5.02 Å². The van der Waals surface area contributed by atoms with E-state index in [9.17, 15) is 0 Å². The van der Waals surface area contributed by atoms with Crippen LogP contribution in [0.25, 0.3) is 16.7 Å². The largest absolute Gasteiger partial charge is 0.336 e. The zero-order valence-corrected chi connectivity index (χ0v) is 12.5. The van der Waals surface area contributed by atoms with Gasteiger partial charge in [-0.3, -0.25) is 4.40 Å². The Hall–Kier alpha value is -2.66. The van der Waals surface area contributed by atoms with Crippen LogP contribution in [-0.4, -0.2) is 19.6 Å². The van der Waals surface area contributed by atoms with Gasteiger partial charge in [0.2, 0.25) is 5.65 Å². The average molecular weight is 310 g/mol. The normalized spacial score (nSPS) is 11.2. The number of nitrogens with one attached hydrogen (secondary N) is 1. The van der Waals surface area contributed by atoms with Crippen molar-refractivity contribution >= 4 is 39.8 Å². The van der Waals surface area contributed by atoms with E-state index in [0.29, 0.717) is 16.5 Å². The van der Waals surface area contributed by atoms with Crippen molar-refractivity contribution in [3.63, 3.8) is 0 Å². The summed E-state index contributed by atoms with van der Waals surface area (Å²) in [6, 6.07) is 13.6. The number of hydrogen-bond donors (Lipinski definition) is 1. The van der Waals surface area contributed by atoms with Gasteiger partial charge in [-0.05, 0) is 36.8 Å². The Morgan fingerprint density at radius 3 is 2.86 bits per heavy atom. The van der Waals surface area contributed by atoms with E-state index in [1.165, 1.54) is 0 Å². The monoisotopic (exact) mass is 309 g/mol. The average Bonchev–Trinajstić information content (AvgIpc) is 3.00. The second-order valence-corrected chi connectivity index (χ2v) is 5.49. The Labute approximate surface area is 131 Å². The van der Waals surface area contributed by atoms with Crippen LogP contribution in [0.5, 0.6) is 0 Å². The lowest BCUT2D eigenvalue weighted by Crippen LogP contribution is -2.00.